The van der Waals surface area contributed by atoms with E-state index in [0.29, 0.717) is 43.3 Å². The normalized spacial score (nSPS) is 16.0. The molecule has 1 fully saturated rings. The Bertz CT molecular complexity index is 1450. The molecule has 3 atom stereocenters. The first-order valence-corrected chi connectivity index (χ1v) is 15.3. The van der Waals surface area contributed by atoms with Gasteiger partial charge in [-0.25, -0.2) is 14.6 Å². The van der Waals surface area contributed by atoms with E-state index < -0.39 is 30.3 Å². The molecule has 1 saturated heterocycles. The zero-order valence-corrected chi connectivity index (χ0v) is 27.5. The fraction of sp³-hybridized carbons (Fsp3) is 0.467. The van der Waals surface area contributed by atoms with Crippen LogP contribution >= 0.6 is 11.6 Å². The van der Waals surface area contributed by atoms with Crippen LogP contribution in [0.2, 0.25) is 0 Å². The number of carbonyl (C=O) groups is 5. The van der Waals surface area contributed by atoms with E-state index in [4.69, 9.17) is 37.1 Å². The summed E-state index contributed by atoms with van der Waals surface area (Å²) in [6.45, 7) is 5.04. The summed E-state index contributed by atoms with van der Waals surface area (Å²) in [5.74, 6) is -4.90. The summed E-state index contributed by atoms with van der Waals surface area (Å²) in [5, 5.41) is 26.0. The molecule has 20 heteroatoms. The third-order valence-corrected chi connectivity index (χ3v) is 7.02. The van der Waals surface area contributed by atoms with Crippen molar-refractivity contribution in [2.45, 2.75) is 64.1 Å². The van der Waals surface area contributed by atoms with E-state index in [1.54, 1.807) is 19.1 Å². The molecule has 0 aliphatic carbocycles. The van der Waals surface area contributed by atoms with Gasteiger partial charge in [0.15, 0.2) is 0 Å². The minimum atomic E-state index is -5.08. The summed E-state index contributed by atoms with van der Waals surface area (Å²) < 4.78 is 63.5. The first-order chi connectivity index (χ1) is 23.1. The Morgan fingerprint density at radius 3 is 2.16 bits per heavy atom. The summed E-state index contributed by atoms with van der Waals surface area (Å²) in [7, 11) is 0. The molecule has 1 unspecified atom stereocenters. The summed E-state index contributed by atoms with van der Waals surface area (Å²) in [6.07, 6.45) is -8.03. The van der Waals surface area contributed by atoms with E-state index in [2.05, 4.69) is 26.3 Å². The molecule has 0 saturated carbocycles. The largest absolute Gasteiger partial charge is 0.490 e. The molecule has 3 rings (SSSR count). The number of carboxylic acids is 2. The lowest BCUT2D eigenvalue weighted by Gasteiger charge is -2.17. The van der Waals surface area contributed by atoms with Crippen LogP contribution in [-0.2, 0) is 32.1 Å². The van der Waals surface area contributed by atoms with Crippen LogP contribution in [-0.4, -0.2) is 88.3 Å². The maximum absolute atomic E-state index is 12.8. The van der Waals surface area contributed by atoms with Crippen LogP contribution < -0.4 is 27.0 Å². The van der Waals surface area contributed by atoms with Gasteiger partial charge in [0, 0.05) is 30.2 Å². The van der Waals surface area contributed by atoms with E-state index >= 15 is 0 Å². The predicted octanol–water partition coefficient (Wildman–Crippen LogP) is 2.94. The minimum Gasteiger partial charge on any atom is -0.475 e. The third kappa shape index (κ3) is 16.2. The number of nitrogen functional groups attached to an aromatic ring is 1. The molecule has 13 nitrogen and oxygen atoms in total. The van der Waals surface area contributed by atoms with E-state index in [1.165, 1.54) is 0 Å². The number of amides is 3. The van der Waals surface area contributed by atoms with E-state index in [1.807, 2.05) is 31.2 Å². The molecule has 278 valence electrons. The van der Waals surface area contributed by atoms with E-state index in [0.717, 1.165) is 29.7 Å². The molecule has 2 aromatic rings. The second kappa shape index (κ2) is 20.1. The Morgan fingerprint density at radius 1 is 1.02 bits per heavy atom. The molecule has 1 aliphatic heterocycles. The van der Waals surface area contributed by atoms with Gasteiger partial charge in [-0.3, -0.25) is 14.4 Å². The number of benzene rings is 1. The van der Waals surface area contributed by atoms with Crippen LogP contribution in [0.25, 0.3) is 0 Å². The number of aromatic nitrogens is 1. The Labute approximate surface area is 287 Å². The maximum atomic E-state index is 12.8. The van der Waals surface area contributed by atoms with Gasteiger partial charge in [-0.15, -0.1) is 11.6 Å². The number of nitrogens with zero attached hydrogens (tertiary/aromatic N) is 1. The van der Waals surface area contributed by atoms with Crippen molar-refractivity contribution in [3.63, 3.8) is 0 Å². The van der Waals surface area contributed by atoms with Crippen molar-refractivity contribution in [3.05, 3.63) is 58.8 Å². The Balaban J connectivity index is 0.000000748. The molecule has 0 spiro atoms. The lowest BCUT2D eigenvalue weighted by atomic mass is 9.95. The average molecular weight is 743 g/mol. The van der Waals surface area contributed by atoms with Crippen molar-refractivity contribution < 1.29 is 60.5 Å². The number of hydrogen-bond acceptors (Lipinski definition) is 8. The van der Waals surface area contributed by atoms with Crippen LogP contribution in [0.1, 0.15) is 46.9 Å². The molecule has 2 heterocycles. The smallest absolute Gasteiger partial charge is 0.475 e. The minimum absolute atomic E-state index is 0.112. The molecular weight excluding hydrogens is 706 g/mol. The number of pyridine rings is 1. The number of rotatable bonds is 11. The highest BCUT2D eigenvalue weighted by molar-refractivity contribution is 6.17. The van der Waals surface area contributed by atoms with E-state index in [9.17, 15) is 40.7 Å². The van der Waals surface area contributed by atoms with Crippen molar-refractivity contribution in [2.24, 2.45) is 5.92 Å². The SMILES string of the molecule is Cc1nc(N)ccc1CNC(=O)C(C)NC(=O)[C@H]1C[C@H](Cc2cccc(C(=O)NCCCCl)c2)CN1.O=C(O)C(F)(F)F.O=C(O)C(F)(F)F. The van der Waals surface area contributed by atoms with Gasteiger partial charge in [-0.1, -0.05) is 18.2 Å². The van der Waals surface area contributed by atoms with Crippen LogP contribution in [0.3, 0.4) is 0 Å². The number of nitrogens with two attached hydrogens (primary N) is 1. The molecule has 1 aromatic heterocycles. The van der Waals surface area contributed by atoms with Gasteiger partial charge in [-0.05, 0) is 74.9 Å². The molecule has 50 heavy (non-hydrogen) atoms. The number of nitrogens with one attached hydrogen (secondary N) is 4. The molecule has 0 bridgehead atoms. The number of hydrogen-bond donors (Lipinski definition) is 7. The van der Waals surface area contributed by atoms with Gasteiger partial charge in [-0.2, -0.15) is 26.3 Å². The van der Waals surface area contributed by atoms with Crippen molar-refractivity contribution in [1.82, 2.24) is 26.3 Å². The third-order valence-electron chi connectivity index (χ3n) is 6.75. The number of anilines is 1. The fourth-order valence-corrected chi connectivity index (χ4v) is 4.35. The maximum Gasteiger partial charge on any atom is 0.490 e. The fourth-order valence-electron chi connectivity index (χ4n) is 4.22. The first kappa shape index (κ1) is 43.4. The summed E-state index contributed by atoms with van der Waals surface area (Å²) in [4.78, 5) is 59.5. The molecule has 0 radical (unpaired) electrons. The van der Waals surface area contributed by atoms with Gasteiger partial charge in [0.05, 0.1) is 6.04 Å². The van der Waals surface area contributed by atoms with Crippen molar-refractivity contribution in [1.29, 1.82) is 0 Å². The highest BCUT2D eigenvalue weighted by Gasteiger charge is 2.39. The Kier molecular flexibility index (Phi) is 17.5. The monoisotopic (exact) mass is 742 g/mol. The second-order valence-corrected chi connectivity index (χ2v) is 11.2. The zero-order chi connectivity index (χ0) is 38.2. The molecule has 8 N–H and O–H groups in total. The van der Waals surface area contributed by atoms with E-state index in [-0.39, 0.29) is 29.7 Å². The van der Waals surface area contributed by atoms with Crippen molar-refractivity contribution >= 4 is 47.1 Å². The van der Waals surface area contributed by atoms with Crippen LogP contribution in [0.4, 0.5) is 32.2 Å². The Hall–Kier alpha value is -4.65. The van der Waals surface area contributed by atoms with Crippen LogP contribution in [0.15, 0.2) is 36.4 Å². The van der Waals surface area contributed by atoms with Crippen LogP contribution in [0, 0.1) is 12.8 Å². The van der Waals surface area contributed by atoms with Gasteiger partial charge >= 0.3 is 24.3 Å². The van der Waals surface area contributed by atoms with Crippen molar-refractivity contribution in [2.75, 3.05) is 24.7 Å². The van der Waals surface area contributed by atoms with Crippen LogP contribution in [0.5, 0.6) is 0 Å². The summed E-state index contributed by atoms with van der Waals surface area (Å²) >= 11 is 5.66. The highest BCUT2D eigenvalue weighted by Crippen LogP contribution is 2.20. The van der Waals surface area contributed by atoms with Gasteiger partial charge in [0.25, 0.3) is 5.91 Å². The topological polar surface area (TPSA) is 213 Å². The second-order valence-electron chi connectivity index (χ2n) is 10.8. The average Bonchev–Trinajstić information content (AvgIpc) is 3.49. The lowest BCUT2D eigenvalue weighted by molar-refractivity contribution is -0.193. The van der Waals surface area contributed by atoms with Gasteiger partial charge in [0.2, 0.25) is 11.8 Å². The molecular formula is C30H37ClF6N6O7. The summed E-state index contributed by atoms with van der Waals surface area (Å²) in [5.41, 5.74) is 8.96. The first-order valence-electron chi connectivity index (χ1n) is 14.7. The predicted molar refractivity (Wildman–Crippen MR) is 168 cm³/mol. The molecule has 3 amide bonds. The summed E-state index contributed by atoms with van der Waals surface area (Å²) in [6, 6.07) is 10.0. The number of aliphatic carboxylic acids is 2. The lowest BCUT2D eigenvalue weighted by Crippen LogP contribution is -2.50. The number of carboxylic acid groups (broad SMARTS) is 2. The molecule has 1 aliphatic rings. The quantitative estimate of drug-likeness (QED) is 0.102. The number of halogens is 7. The standard InChI is InChI=1S/C26H35ClN6O3.2C2HF3O2/c1-16-21(7-8-23(28)32-16)15-31-24(34)17(2)33-26(36)22-13-19(14-30-22)11-18-5-3-6-20(12-18)25(35)29-10-4-9-27;2*3-2(4,5)1(6)7/h3,5-8,12,17,19,22,30H,4,9-11,13-15H2,1-2H3,(H2,28,32)(H,29,35)(H,31,34)(H,33,36);2*(H,6,7)/t17?,19-,22+;;/m0../s1. The van der Waals surface area contributed by atoms with Gasteiger partial charge in [0.1, 0.15) is 11.9 Å². The number of aryl methyl sites for hydroxylation is 1. The zero-order valence-electron chi connectivity index (χ0n) is 26.8. The number of carbonyl (C=O) groups excluding carboxylic acids is 3. The number of alkyl halides is 7. The highest BCUT2D eigenvalue weighted by atomic mass is 35.5. The Morgan fingerprint density at radius 2 is 1.62 bits per heavy atom. The molecule has 1 aromatic carbocycles. The van der Waals surface area contributed by atoms with Crippen molar-refractivity contribution in [3.8, 4) is 0 Å². The van der Waals surface area contributed by atoms with Gasteiger partial charge < -0.3 is 37.2 Å².